The van der Waals surface area contributed by atoms with E-state index in [2.05, 4.69) is 21.9 Å². The van der Waals surface area contributed by atoms with Gasteiger partial charge in [0.15, 0.2) is 21.5 Å². The predicted octanol–water partition coefficient (Wildman–Crippen LogP) is 0.979. The summed E-state index contributed by atoms with van der Waals surface area (Å²) >= 11 is 0. The molecule has 4 rings (SSSR count). The zero-order valence-corrected chi connectivity index (χ0v) is 15.8. The van der Waals surface area contributed by atoms with Crippen LogP contribution in [0.1, 0.15) is 31.1 Å². The fourth-order valence-corrected chi connectivity index (χ4v) is 5.48. The van der Waals surface area contributed by atoms with Crippen molar-refractivity contribution in [1.29, 1.82) is 0 Å². The Morgan fingerprint density at radius 1 is 1.19 bits per heavy atom. The van der Waals surface area contributed by atoms with Crippen molar-refractivity contribution in [2.24, 2.45) is 5.92 Å². The molecule has 0 N–H and O–H groups in total. The SMILES string of the molecule is CN1CCC(Cc2nc(-c3cnccn3)n([C@H]3CCS(=O)(=O)C3)n2)CC1. The molecule has 26 heavy (non-hydrogen) atoms. The van der Waals surface area contributed by atoms with Crippen molar-refractivity contribution in [3.63, 3.8) is 0 Å². The quantitative estimate of drug-likeness (QED) is 0.785. The monoisotopic (exact) mass is 376 g/mol. The van der Waals surface area contributed by atoms with Gasteiger partial charge in [-0.15, -0.1) is 0 Å². The number of sulfone groups is 1. The third-order valence-electron chi connectivity index (χ3n) is 5.33. The number of hydrogen-bond donors (Lipinski definition) is 0. The number of nitrogens with zero attached hydrogens (tertiary/aromatic N) is 6. The molecular formula is C17H24N6O2S. The van der Waals surface area contributed by atoms with E-state index in [9.17, 15) is 8.42 Å². The summed E-state index contributed by atoms with van der Waals surface area (Å²) in [7, 11) is -0.848. The molecule has 2 aliphatic heterocycles. The van der Waals surface area contributed by atoms with Crippen LogP contribution in [0.15, 0.2) is 18.6 Å². The van der Waals surface area contributed by atoms with Gasteiger partial charge >= 0.3 is 0 Å². The molecule has 2 aromatic rings. The zero-order valence-electron chi connectivity index (χ0n) is 15.0. The second kappa shape index (κ2) is 7.03. The maximum Gasteiger partial charge on any atom is 0.178 e. The molecule has 9 heteroatoms. The molecule has 0 aromatic carbocycles. The van der Waals surface area contributed by atoms with Gasteiger partial charge in [0.25, 0.3) is 0 Å². The summed E-state index contributed by atoms with van der Waals surface area (Å²) in [5, 5.41) is 4.71. The first kappa shape index (κ1) is 17.5. The molecule has 0 radical (unpaired) electrons. The maximum atomic E-state index is 11.9. The molecule has 2 aliphatic rings. The Bertz CT molecular complexity index is 859. The van der Waals surface area contributed by atoms with Crippen LogP contribution in [0.25, 0.3) is 11.5 Å². The van der Waals surface area contributed by atoms with Gasteiger partial charge in [-0.2, -0.15) is 5.10 Å². The summed E-state index contributed by atoms with van der Waals surface area (Å²) in [5.41, 5.74) is 0.638. The molecule has 0 saturated carbocycles. The van der Waals surface area contributed by atoms with Gasteiger partial charge in [-0.25, -0.2) is 23.1 Å². The highest BCUT2D eigenvalue weighted by Gasteiger charge is 2.32. The summed E-state index contributed by atoms with van der Waals surface area (Å²) < 4.78 is 25.6. The van der Waals surface area contributed by atoms with E-state index in [1.807, 2.05) is 0 Å². The largest absolute Gasteiger partial charge is 0.306 e. The second-order valence-electron chi connectivity index (χ2n) is 7.39. The number of likely N-dealkylation sites (tertiary alicyclic amines) is 1. The smallest absolute Gasteiger partial charge is 0.178 e. The van der Waals surface area contributed by atoms with Crippen molar-refractivity contribution in [2.75, 3.05) is 31.6 Å². The maximum absolute atomic E-state index is 11.9. The van der Waals surface area contributed by atoms with Crippen molar-refractivity contribution in [2.45, 2.75) is 31.7 Å². The van der Waals surface area contributed by atoms with Gasteiger partial charge < -0.3 is 4.90 Å². The molecule has 0 bridgehead atoms. The number of aromatic nitrogens is 5. The van der Waals surface area contributed by atoms with E-state index < -0.39 is 9.84 Å². The fourth-order valence-electron chi connectivity index (χ4n) is 3.79. The van der Waals surface area contributed by atoms with Crippen molar-refractivity contribution in [1.82, 2.24) is 29.6 Å². The van der Waals surface area contributed by atoms with E-state index in [1.54, 1.807) is 23.3 Å². The average molecular weight is 376 g/mol. The summed E-state index contributed by atoms with van der Waals surface area (Å²) in [6.07, 6.45) is 8.58. The van der Waals surface area contributed by atoms with Gasteiger partial charge in [0.2, 0.25) is 0 Å². The topological polar surface area (TPSA) is 93.9 Å². The third kappa shape index (κ3) is 3.78. The lowest BCUT2D eigenvalue weighted by atomic mass is 9.94. The van der Waals surface area contributed by atoms with E-state index in [-0.39, 0.29) is 17.5 Å². The molecule has 0 spiro atoms. The van der Waals surface area contributed by atoms with Crippen LogP contribution in [0.2, 0.25) is 0 Å². The van der Waals surface area contributed by atoms with Crippen LogP contribution in [0, 0.1) is 5.92 Å². The molecule has 0 aliphatic carbocycles. The highest BCUT2D eigenvalue weighted by atomic mass is 32.2. The Balaban J connectivity index is 1.62. The van der Waals surface area contributed by atoms with Crippen LogP contribution < -0.4 is 0 Å². The Labute approximate surface area is 153 Å². The van der Waals surface area contributed by atoms with E-state index >= 15 is 0 Å². The Hall–Kier alpha value is -1.87. The summed E-state index contributed by atoms with van der Waals surface area (Å²) in [6, 6.07) is -0.171. The summed E-state index contributed by atoms with van der Waals surface area (Å²) in [5.74, 6) is 2.32. The van der Waals surface area contributed by atoms with E-state index in [4.69, 9.17) is 10.1 Å². The van der Waals surface area contributed by atoms with Crippen LogP contribution in [-0.4, -0.2) is 69.7 Å². The molecule has 2 aromatic heterocycles. The molecule has 1 atom stereocenters. The van der Waals surface area contributed by atoms with Crippen LogP contribution in [-0.2, 0) is 16.3 Å². The zero-order chi connectivity index (χ0) is 18.1. The van der Waals surface area contributed by atoms with E-state index in [0.717, 1.165) is 38.2 Å². The molecule has 0 unspecified atom stereocenters. The Morgan fingerprint density at radius 2 is 2.00 bits per heavy atom. The van der Waals surface area contributed by atoms with Crippen LogP contribution in [0.5, 0.6) is 0 Å². The highest BCUT2D eigenvalue weighted by molar-refractivity contribution is 7.91. The lowest BCUT2D eigenvalue weighted by Crippen LogP contribution is -2.31. The molecule has 2 saturated heterocycles. The first-order chi connectivity index (χ1) is 12.5. The van der Waals surface area contributed by atoms with Crippen LogP contribution in [0.4, 0.5) is 0 Å². The third-order valence-corrected chi connectivity index (χ3v) is 7.08. The Kier molecular flexibility index (Phi) is 4.74. The summed E-state index contributed by atoms with van der Waals surface area (Å²) in [6.45, 7) is 2.20. The second-order valence-corrected chi connectivity index (χ2v) is 9.62. The van der Waals surface area contributed by atoms with Gasteiger partial charge in [0.1, 0.15) is 5.69 Å². The standard InChI is InChI=1S/C17H24N6O2S/c1-22-7-2-13(3-8-22)10-16-20-17(15-11-18-5-6-19-15)23(21-16)14-4-9-26(24,25)12-14/h5-6,11,13-14H,2-4,7-10,12H2,1H3/t14-/m0/s1. The number of hydrogen-bond acceptors (Lipinski definition) is 7. The fraction of sp³-hybridized carbons (Fsp3) is 0.647. The van der Waals surface area contributed by atoms with Gasteiger partial charge in [-0.1, -0.05) is 0 Å². The minimum atomic E-state index is -3.00. The lowest BCUT2D eigenvalue weighted by Gasteiger charge is -2.28. The molecule has 2 fully saturated rings. The average Bonchev–Trinajstić information content (AvgIpc) is 3.21. The van der Waals surface area contributed by atoms with E-state index in [0.29, 0.717) is 23.9 Å². The van der Waals surface area contributed by atoms with Gasteiger partial charge in [-0.05, 0) is 45.3 Å². The minimum absolute atomic E-state index is 0.122. The molecule has 140 valence electrons. The van der Waals surface area contributed by atoms with Gasteiger partial charge in [0, 0.05) is 18.8 Å². The molecule has 4 heterocycles. The van der Waals surface area contributed by atoms with Crippen LogP contribution in [0.3, 0.4) is 0 Å². The van der Waals surface area contributed by atoms with Crippen molar-refractivity contribution in [3.8, 4) is 11.5 Å². The number of piperidine rings is 1. The van der Waals surface area contributed by atoms with Crippen LogP contribution >= 0.6 is 0 Å². The van der Waals surface area contributed by atoms with Gasteiger partial charge in [0.05, 0.1) is 23.7 Å². The Morgan fingerprint density at radius 3 is 2.65 bits per heavy atom. The van der Waals surface area contributed by atoms with Crippen molar-refractivity contribution in [3.05, 3.63) is 24.4 Å². The van der Waals surface area contributed by atoms with Crippen molar-refractivity contribution >= 4 is 9.84 Å². The minimum Gasteiger partial charge on any atom is -0.306 e. The number of rotatable bonds is 4. The summed E-state index contributed by atoms with van der Waals surface area (Å²) in [4.78, 5) is 15.5. The predicted molar refractivity (Wildman–Crippen MR) is 97.3 cm³/mol. The highest BCUT2D eigenvalue weighted by Crippen LogP contribution is 2.28. The van der Waals surface area contributed by atoms with Crippen molar-refractivity contribution < 1.29 is 8.42 Å². The molecule has 0 amide bonds. The lowest BCUT2D eigenvalue weighted by molar-refractivity contribution is 0.217. The molecule has 8 nitrogen and oxygen atoms in total. The first-order valence-corrected chi connectivity index (χ1v) is 10.9. The van der Waals surface area contributed by atoms with Gasteiger partial charge in [-0.3, -0.25) is 4.98 Å². The normalized spacial score (nSPS) is 24.1. The molecular weight excluding hydrogens is 352 g/mol. The van der Waals surface area contributed by atoms with E-state index in [1.165, 1.54) is 0 Å². The first-order valence-electron chi connectivity index (χ1n) is 9.11.